The molecule has 4 aromatic rings. The van der Waals surface area contributed by atoms with Crippen molar-refractivity contribution in [2.45, 2.75) is 33.2 Å². The van der Waals surface area contributed by atoms with Gasteiger partial charge in [-0.2, -0.15) is 5.10 Å². The summed E-state index contributed by atoms with van der Waals surface area (Å²) in [5, 5.41) is 8.18. The second-order valence-corrected chi connectivity index (χ2v) is 7.35. The van der Waals surface area contributed by atoms with E-state index in [0.29, 0.717) is 23.7 Å². The minimum absolute atomic E-state index is 0.164. The number of aryl methyl sites for hydroxylation is 1. The Balaban J connectivity index is 1.75. The molecule has 2 heterocycles. The summed E-state index contributed by atoms with van der Waals surface area (Å²) in [5.41, 5.74) is 5.02. The van der Waals surface area contributed by atoms with Crippen LogP contribution in [0.25, 0.3) is 22.3 Å². The number of fused-ring (bicyclic) bond motifs is 1. The highest BCUT2D eigenvalue weighted by atomic mass is 16.1. The van der Waals surface area contributed by atoms with Crippen LogP contribution in [0.1, 0.15) is 42.6 Å². The van der Waals surface area contributed by atoms with Crippen molar-refractivity contribution in [3.8, 4) is 11.3 Å². The molecule has 0 bridgehead atoms. The van der Waals surface area contributed by atoms with E-state index in [2.05, 4.69) is 24.3 Å². The Morgan fingerprint density at radius 3 is 2.45 bits per heavy atom. The van der Waals surface area contributed by atoms with Gasteiger partial charge in [0.25, 0.3) is 5.91 Å². The number of aromatic nitrogens is 3. The van der Waals surface area contributed by atoms with Crippen molar-refractivity contribution in [2.75, 3.05) is 5.32 Å². The third kappa shape index (κ3) is 3.76. The van der Waals surface area contributed by atoms with Crippen LogP contribution in [0.4, 0.5) is 5.69 Å². The molecule has 2 aromatic carbocycles. The second kappa shape index (κ2) is 7.87. The number of nitrogens with zero attached hydrogens (tertiary/aromatic N) is 3. The molecule has 0 atom stereocenters. The fraction of sp³-hybridized carbons (Fsp3) is 0.208. The van der Waals surface area contributed by atoms with Crippen molar-refractivity contribution in [3.63, 3.8) is 0 Å². The molecule has 4 rings (SSSR count). The molecule has 146 valence electrons. The SMILES string of the molecule is CCn1ncc2c(C(=O)Nc3ccc(C(C)C)cc3)cc(-c3ccccc3)nc21. The Morgan fingerprint density at radius 1 is 1.07 bits per heavy atom. The molecule has 0 spiro atoms. The number of nitrogens with one attached hydrogen (secondary N) is 1. The van der Waals surface area contributed by atoms with Gasteiger partial charge in [0.05, 0.1) is 22.8 Å². The second-order valence-electron chi connectivity index (χ2n) is 7.35. The third-order valence-corrected chi connectivity index (χ3v) is 5.06. The average molecular weight is 384 g/mol. The number of hydrogen-bond donors (Lipinski definition) is 1. The van der Waals surface area contributed by atoms with Gasteiger partial charge in [0.2, 0.25) is 0 Å². The van der Waals surface area contributed by atoms with E-state index < -0.39 is 0 Å². The highest BCUT2D eigenvalue weighted by Gasteiger charge is 2.17. The summed E-state index contributed by atoms with van der Waals surface area (Å²) in [6.07, 6.45) is 1.72. The fourth-order valence-electron chi connectivity index (χ4n) is 3.37. The molecule has 0 aliphatic carbocycles. The Kier molecular flexibility index (Phi) is 5.12. The molecule has 29 heavy (non-hydrogen) atoms. The van der Waals surface area contributed by atoms with E-state index in [4.69, 9.17) is 4.98 Å². The zero-order valence-corrected chi connectivity index (χ0v) is 16.9. The summed E-state index contributed by atoms with van der Waals surface area (Å²) < 4.78 is 1.82. The third-order valence-electron chi connectivity index (χ3n) is 5.06. The molecule has 0 aliphatic rings. The maximum atomic E-state index is 13.2. The van der Waals surface area contributed by atoms with Gasteiger partial charge < -0.3 is 5.32 Å². The molecule has 0 fully saturated rings. The lowest BCUT2D eigenvalue weighted by atomic mass is 10.0. The summed E-state index contributed by atoms with van der Waals surface area (Å²) in [4.78, 5) is 17.9. The molecule has 5 nitrogen and oxygen atoms in total. The van der Waals surface area contributed by atoms with Crippen LogP contribution in [0, 0.1) is 0 Å². The van der Waals surface area contributed by atoms with Gasteiger partial charge in [0.1, 0.15) is 0 Å². The van der Waals surface area contributed by atoms with E-state index in [1.807, 2.05) is 72.3 Å². The molecule has 0 saturated carbocycles. The molecule has 0 unspecified atom stereocenters. The molecule has 0 saturated heterocycles. The highest BCUT2D eigenvalue weighted by Crippen LogP contribution is 2.26. The largest absolute Gasteiger partial charge is 0.322 e. The zero-order chi connectivity index (χ0) is 20.4. The normalized spacial score (nSPS) is 11.2. The smallest absolute Gasteiger partial charge is 0.256 e. The Labute approximate surface area is 170 Å². The monoisotopic (exact) mass is 384 g/mol. The number of carbonyl (C=O) groups is 1. The van der Waals surface area contributed by atoms with Gasteiger partial charge in [0.15, 0.2) is 5.65 Å². The molecule has 0 aliphatic heterocycles. The Hall–Kier alpha value is -3.47. The summed E-state index contributed by atoms with van der Waals surface area (Å²) in [7, 11) is 0. The van der Waals surface area contributed by atoms with E-state index in [1.165, 1.54) is 5.56 Å². The highest BCUT2D eigenvalue weighted by molar-refractivity contribution is 6.12. The Morgan fingerprint density at radius 2 is 1.79 bits per heavy atom. The van der Waals surface area contributed by atoms with Crippen LogP contribution in [-0.4, -0.2) is 20.7 Å². The number of carbonyl (C=O) groups excluding carboxylic acids is 1. The van der Waals surface area contributed by atoms with Crippen LogP contribution in [0.2, 0.25) is 0 Å². The standard InChI is InChI=1S/C24H24N4O/c1-4-28-23-21(15-25-28)20(14-22(27-23)18-8-6-5-7-9-18)24(29)26-19-12-10-17(11-13-19)16(2)3/h5-16H,4H2,1-3H3,(H,26,29). The molecule has 1 amide bonds. The summed E-state index contributed by atoms with van der Waals surface area (Å²) >= 11 is 0. The topological polar surface area (TPSA) is 59.8 Å². The molecule has 5 heteroatoms. The Bertz CT molecular complexity index is 1140. The maximum Gasteiger partial charge on any atom is 0.256 e. The first-order valence-corrected chi connectivity index (χ1v) is 9.90. The van der Waals surface area contributed by atoms with E-state index in [9.17, 15) is 4.79 Å². The van der Waals surface area contributed by atoms with E-state index in [-0.39, 0.29) is 5.91 Å². The molecular formula is C24H24N4O. The maximum absolute atomic E-state index is 13.2. The first kappa shape index (κ1) is 18.9. The minimum atomic E-state index is -0.164. The average Bonchev–Trinajstić information content (AvgIpc) is 3.17. The summed E-state index contributed by atoms with van der Waals surface area (Å²) in [5.74, 6) is 0.287. The summed E-state index contributed by atoms with van der Waals surface area (Å²) in [6.45, 7) is 7.00. The van der Waals surface area contributed by atoms with Crippen molar-refractivity contribution in [1.82, 2.24) is 14.8 Å². The van der Waals surface area contributed by atoms with Gasteiger partial charge in [-0.25, -0.2) is 9.67 Å². The van der Waals surface area contributed by atoms with Crippen LogP contribution >= 0.6 is 0 Å². The number of hydrogen-bond acceptors (Lipinski definition) is 3. The van der Waals surface area contributed by atoms with Gasteiger partial charge in [-0.05, 0) is 36.6 Å². The van der Waals surface area contributed by atoms with Gasteiger partial charge >= 0.3 is 0 Å². The predicted molar refractivity (Wildman–Crippen MR) is 117 cm³/mol. The van der Waals surface area contributed by atoms with Crippen LogP contribution in [0.3, 0.4) is 0 Å². The number of anilines is 1. The lowest BCUT2D eigenvalue weighted by Crippen LogP contribution is -2.13. The van der Waals surface area contributed by atoms with Gasteiger partial charge in [0, 0.05) is 17.8 Å². The lowest BCUT2D eigenvalue weighted by molar-refractivity contribution is 0.102. The zero-order valence-electron chi connectivity index (χ0n) is 16.9. The van der Waals surface area contributed by atoms with Gasteiger partial charge in [-0.3, -0.25) is 4.79 Å². The molecular weight excluding hydrogens is 360 g/mol. The van der Waals surface area contributed by atoms with Crippen molar-refractivity contribution < 1.29 is 4.79 Å². The summed E-state index contributed by atoms with van der Waals surface area (Å²) in [6, 6.07) is 19.7. The minimum Gasteiger partial charge on any atom is -0.322 e. The van der Waals surface area contributed by atoms with E-state index in [0.717, 1.165) is 22.3 Å². The number of amides is 1. The van der Waals surface area contributed by atoms with Crippen LogP contribution in [0.15, 0.2) is 66.9 Å². The molecule has 0 radical (unpaired) electrons. The molecule has 1 N–H and O–H groups in total. The first-order valence-electron chi connectivity index (χ1n) is 9.90. The first-order chi connectivity index (χ1) is 14.1. The quantitative estimate of drug-likeness (QED) is 0.495. The van der Waals surface area contributed by atoms with Gasteiger partial charge in [-0.1, -0.05) is 56.3 Å². The van der Waals surface area contributed by atoms with E-state index in [1.54, 1.807) is 6.20 Å². The van der Waals surface area contributed by atoms with E-state index >= 15 is 0 Å². The number of benzene rings is 2. The number of pyridine rings is 1. The molecule has 2 aromatic heterocycles. The van der Waals surface area contributed by atoms with Crippen LogP contribution < -0.4 is 5.32 Å². The fourth-order valence-corrected chi connectivity index (χ4v) is 3.37. The predicted octanol–water partition coefficient (Wildman–Crippen LogP) is 5.49. The number of rotatable bonds is 5. The van der Waals surface area contributed by atoms with Crippen molar-refractivity contribution >= 4 is 22.6 Å². The van der Waals surface area contributed by atoms with Crippen molar-refractivity contribution in [2.24, 2.45) is 0 Å². The van der Waals surface area contributed by atoms with Crippen LogP contribution in [0.5, 0.6) is 0 Å². The van der Waals surface area contributed by atoms with Crippen LogP contribution in [-0.2, 0) is 6.54 Å². The van der Waals surface area contributed by atoms with Gasteiger partial charge in [-0.15, -0.1) is 0 Å². The lowest BCUT2D eigenvalue weighted by Gasteiger charge is -2.11. The van der Waals surface area contributed by atoms with Crippen molar-refractivity contribution in [3.05, 3.63) is 78.0 Å². The van der Waals surface area contributed by atoms with Crippen molar-refractivity contribution in [1.29, 1.82) is 0 Å².